The molecule has 1 amide bonds. The molecule has 5 nitrogen and oxygen atoms in total. The van der Waals surface area contributed by atoms with Crippen molar-refractivity contribution < 1.29 is 9.53 Å². The second-order valence-corrected chi connectivity index (χ2v) is 4.93. The Morgan fingerprint density at radius 2 is 2.21 bits per heavy atom. The Labute approximate surface area is 112 Å². The van der Waals surface area contributed by atoms with Gasteiger partial charge in [-0.25, -0.2) is 0 Å². The highest BCUT2D eigenvalue weighted by Crippen LogP contribution is 2.19. The predicted octanol–water partition coefficient (Wildman–Crippen LogP) is 0.634. The van der Waals surface area contributed by atoms with Gasteiger partial charge in [-0.1, -0.05) is 12.1 Å². The number of nitrogens with zero attached hydrogens (tertiary/aromatic N) is 2. The van der Waals surface area contributed by atoms with Crippen LogP contribution in [0.5, 0.6) is 0 Å². The van der Waals surface area contributed by atoms with E-state index < -0.39 is 5.54 Å². The first-order valence-corrected chi connectivity index (χ1v) is 6.16. The molecule has 1 aliphatic rings. The van der Waals surface area contributed by atoms with Crippen LogP contribution in [-0.2, 0) is 16.1 Å². The number of hydrogen-bond donors (Lipinski definition) is 1. The largest absolute Gasteiger partial charge is 0.379 e. The summed E-state index contributed by atoms with van der Waals surface area (Å²) in [6.45, 7) is 1.29. The maximum absolute atomic E-state index is 12.3. The van der Waals surface area contributed by atoms with E-state index >= 15 is 0 Å². The maximum atomic E-state index is 12.3. The summed E-state index contributed by atoms with van der Waals surface area (Å²) in [5, 5.41) is 8.73. The van der Waals surface area contributed by atoms with Crippen LogP contribution in [0.4, 0.5) is 0 Å². The molecule has 100 valence electrons. The van der Waals surface area contributed by atoms with E-state index in [0.717, 1.165) is 5.56 Å². The number of rotatable bonds is 3. The molecule has 0 spiro atoms. The molecular formula is C14H17N3O2. The Hall–Kier alpha value is -1.90. The third kappa shape index (κ3) is 2.92. The van der Waals surface area contributed by atoms with Gasteiger partial charge in [-0.05, 0) is 24.1 Å². The first-order chi connectivity index (χ1) is 9.05. The van der Waals surface area contributed by atoms with E-state index in [4.69, 9.17) is 15.7 Å². The van der Waals surface area contributed by atoms with Crippen molar-refractivity contribution in [2.75, 3.05) is 20.3 Å². The van der Waals surface area contributed by atoms with Crippen molar-refractivity contribution >= 4 is 5.91 Å². The zero-order valence-electron chi connectivity index (χ0n) is 10.9. The Bertz CT molecular complexity index is 498. The fourth-order valence-electron chi connectivity index (χ4n) is 2.16. The van der Waals surface area contributed by atoms with Crippen molar-refractivity contribution in [1.82, 2.24) is 4.90 Å². The molecule has 1 atom stereocenters. The quantitative estimate of drug-likeness (QED) is 0.863. The molecule has 0 aliphatic carbocycles. The number of carbonyl (C=O) groups is 1. The summed E-state index contributed by atoms with van der Waals surface area (Å²) in [6, 6.07) is 9.23. The van der Waals surface area contributed by atoms with Crippen LogP contribution in [0.3, 0.4) is 0 Å². The number of amides is 1. The minimum atomic E-state index is -0.888. The van der Waals surface area contributed by atoms with Crippen molar-refractivity contribution in [3.05, 3.63) is 35.4 Å². The number of nitrogens with two attached hydrogens (primary N) is 1. The lowest BCUT2D eigenvalue weighted by Gasteiger charge is -2.27. The van der Waals surface area contributed by atoms with Crippen LogP contribution in [0.25, 0.3) is 0 Å². The van der Waals surface area contributed by atoms with Gasteiger partial charge in [0, 0.05) is 20.2 Å². The zero-order chi connectivity index (χ0) is 13.9. The number of ether oxygens (including phenoxy) is 1. The van der Waals surface area contributed by atoms with Gasteiger partial charge in [0.15, 0.2) is 0 Å². The van der Waals surface area contributed by atoms with Gasteiger partial charge in [-0.3, -0.25) is 4.79 Å². The van der Waals surface area contributed by atoms with Gasteiger partial charge < -0.3 is 15.4 Å². The van der Waals surface area contributed by atoms with Crippen molar-refractivity contribution in [3.63, 3.8) is 0 Å². The highest BCUT2D eigenvalue weighted by molar-refractivity contribution is 5.86. The lowest BCUT2D eigenvalue weighted by Crippen LogP contribution is -2.54. The summed E-state index contributed by atoms with van der Waals surface area (Å²) < 4.78 is 5.20. The molecule has 0 bridgehead atoms. The van der Waals surface area contributed by atoms with Gasteiger partial charge in [-0.2, -0.15) is 5.26 Å². The van der Waals surface area contributed by atoms with Crippen molar-refractivity contribution in [3.8, 4) is 6.07 Å². The van der Waals surface area contributed by atoms with E-state index in [1.807, 2.05) is 12.1 Å². The number of hydrogen-bond acceptors (Lipinski definition) is 4. The standard InChI is InChI=1S/C14H17N3O2/c1-17(13(18)14(16)6-7-19-10-14)9-12-4-2-11(8-15)3-5-12/h2-5H,6-7,9-10,16H2,1H3. The lowest BCUT2D eigenvalue weighted by atomic mass is 9.98. The van der Waals surface area contributed by atoms with Gasteiger partial charge in [0.1, 0.15) is 5.54 Å². The van der Waals surface area contributed by atoms with Gasteiger partial charge in [-0.15, -0.1) is 0 Å². The average Bonchev–Trinajstić information content (AvgIpc) is 2.87. The second-order valence-electron chi connectivity index (χ2n) is 4.93. The van der Waals surface area contributed by atoms with E-state index in [0.29, 0.717) is 25.1 Å². The van der Waals surface area contributed by atoms with E-state index in [1.165, 1.54) is 0 Å². The molecule has 0 saturated carbocycles. The fraction of sp³-hybridized carbons (Fsp3) is 0.429. The Kier molecular flexibility index (Phi) is 3.84. The molecule has 1 aromatic carbocycles. The van der Waals surface area contributed by atoms with Gasteiger partial charge in [0.25, 0.3) is 0 Å². The maximum Gasteiger partial charge on any atom is 0.245 e. The molecular weight excluding hydrogens is 242 g/mol. The molecule has 1 aromatic rings. The first kappa shape index (κ1) is 13.5. The molecule has 1 fully saturated rings. The smallest absolute Gasteiger partial charge is 0.245 e. The van der Waals surface area contributed by atoms with Crippen LogP contribution < -0.4 is 5.73 Å². The molecule has 1 aliphatic heterocycles. The first-order valence-electron chi connectivity index (χ1n) is 6.16. The molecule has 0 radical (unpaired) electrons. The van der Waals surface area contributed by atoms with Crippen LogP contribution in [0.1, 0.15) is 17.5 Å². The summed E-state index contributed by atoms with van der Waals surface area (Å²) in [5.41, 5.74) is 6.73. The second kappa shape index (κ2) is 5.39. The number of carbonyl (C=O) groups excluding carboxylic acids is 1. The summed E-state index contributed by atoms with van der Waals surface area (Å²) >= 11 is 0. The van der Waals surface area contributed by atoms with E-state index in [1.54, 1.807) is 24.1 Å². The van der Waals surface area contributed by atoms with E-state index in [9.17, 15) is 4.79 Å². The van der Waals surface area contributed by atoms with Crippen molar-refractivity contribution in [2.45, 2.75) is 18.5 Å². The Morgan fingerprint density at radius 3 is 2.74 bits per heavy atom. The SMILES string of the molecule is CN(Cc1ccc(C#N)cc1)C(=O)C1(N)CCOC1. The number of likely N-dealkylation sites (N-methyl/N-ethyl adjacent to an activating group) is 1. The van der Waals surface area contributed by atoms with Crippen molar-refractivity contribution in [1.29, 1.82) is 5.26 Å². The molecule has 2 N–H and O–H groups in total. The van der Waals surface area contributed by atoms with Crippen LogP contribution in [0, 0.1) is 11.3 Å². The molecule has 19 heavy (non-hydrogen) atoms. The monoisotopic (exact) mass is 259 g/mol. The predicted molar refractivity (Wildman–Crippen MR) is 70.0 cm³/mol. The van der Waals surface area contributed by atoms with Crippen LogP contribution in [0.2, 0.25) is 0 Å². The van der Waals surface area contributed by atoms with Crippen molar-refractivity contribution in [2.24, 2.45) is 5.73 Å². The van der Waals surface area contributed by atoms with E-state index in [-0.39, 0.29) is 12.5 Å². The Morgan fingerprint density at radius 1 is 1.53 bits per heavy atom. The average molecular weight is 259 g/mol. The summed E-state index contributed by atoms with van der Waals surface area (Å²) in [4.78, 5) is 13.9. The molecule has 5 heteroatoms. The Balaban J connectivity index is 2.02. The highest BCUT2D eigenvalue weighted by Gasteiger charge is 2.40. The normalized spacial score (nSPS) is 21.9. The zero-order valence-corrected chi connectivity index (χ0v) is 10.9. The highest BCUT2D eigenvalue weighted by atomic mass is 16.5. The fourth-order valence-corrected chi connectivity index (χ4v) is 2.16. The molecule has 1 saturated heterocycles. The minimum Gasteiger partial charge on any atom is -0.379 e. The summed E-state index contributed by atoms with van der Waals surface area (Å²) in [5.74, 6) is -0.102. The molecule has 1 unspecified atom stereocenters. The van der Waals surface area contributed by atoms with Crippen LogP contribution in [-0.4, -0.2) is 36.6 Å². The van der Waals surface area contributed by atoms with Crippen LogP contribution in [0.15, 0.2) is 24.3 Å². The lowest BCUT2D eigenvalue weighted by molar-refractivity contribution is -0.136. The topological polar surface area (TPSA) is 79.4 Å². The number of nitriles is 1. The third-order valence-corrected chi connectivity index (χ3v) is 3.33. The molecule has 0 aromatic heterocycles. The number of benzene rings is 1. The van der Waals surface area contributed by atoms with Gasteiger partial charge in [0.05, 0.1) is 18.2 Å². The minimum absolute atomic E-state index is 0.102. The summed E-state index contributed by atoms with van der Waals surface area (Å²) in [7, 11) is 1.73. The van der Waals surface area contributed by atoms with Gasteiger partial charge in [0.2, 0.25) is 5.91 Å². The summed E-state index contributed by atoms with van der Waals surface area (Å²) in [6.07, 6.45) is 0.559. The molecule has 2 rings (SSSR count). The van der Waals surface area contributed by atoms with Gasteiger partial charge >= 0.3 is 0 Å². The molecule has 1 heterocycles. The third-order valence-electron chi connectivity index (χ3n) is 3.33. The van der Waals surface area contributed by atoms with E-state index in [2.05, 4.69) is 6.07 Å². The van der Waals surface area contributed by atoms with Crippen LogP contribution >= 0.6 is 0 Å².